The van der Waals surface area contributed by atoms with E-state index in [1.165, 1.54) is 15.0 Å². The molecule has 0 bridgehead atoms. The van der Waals surface area contributed by atoms with Gasteiger partial charge in [0.15, 0.2) is 0 Å². The predicted molar refractivity (Wildman–Crippen MR) is 96.9 cm³/mol. The molecule has 0 fully saturated rings. The van der Waals surface area contributed by atoms with Crippen molar-refractivity contribution in [2.75, 3.05) is 0 Å². The molecule has 1 N–H and O–H groups in total. The second kappa shape index (κ2) is 5.01. The number of pyridine rings is 2. The van der Waals surface area contributed by atoms with Crippen molar-refractivity contribution >= 4 is 32.5 Å². The minimum atomic E-state index is 0.891. The van der Waals surface area contributed by atoms with E-state index in [0.29, 0.717) is 0 Å². The van der Waals surface area contributed by atoms with Crippen molar-refractivity contribution in [3.63, 3.8) is 0 Å². The third-order valence-electron chi connectivity index (χ3n) is 4.18. The highest BCUT2D eigenvalue weighted by molar-refractivity contribution is 7.22. The Morgan fingerprint density at radius 3 is 2.92 bits per heavy atom. The van der Waals surface area contributed by atoms with Crippen LogP contribution in [0, 0.1) is 0 Å². The number of nitrogens with zero attached hydrogens (tertiary/aromatic N) is 4. The molecule has 0 aliphatic carbocycles. The highest BCUT2D eigenvalue weighted by atomic mass is 32.1. The maximum absolute atomic E-state index is 4.48. The van der Waals surface area contributed by atoms with E-state index in [1.807, 2.05) is 61.0 Å². The number of H-pyrrole nitrogens is 1. The Labute approximate surface area is 141 Å². The van der Waals surface area contributed by atoms with Crippen LogP contribution >= 0.6 is 11.3 Å². The van der Waals surface area contributed by atoms with Crippen LogP contribution in [0.15, 0.2) is 55.4 Å². The molecule has 0 saturated heterocycles. The van der Waals surface area contributed by atoms with Gasteiger partial charge in [0.2, 0.25) is 0 Å². The van der Waals surface area contributed by atoms with Gasteiger partial charge in [-0.2, -0.15) is 5.10 Å². The Kier molecular flexibility index (Phi) is 2.80. The van der Waals surface area contributed by atoms with Crippen LogP contribution in [-0.4, -0.2) is 24.7 Å². The Morgan fingerprint density at radius 2 is 2.08 bits per heavy atom. The molecule has 0 aliphatic rings. The van der Waals surface area contributed by atoms with Gasteiger partial charge in [-0.3, -0.25) is 9.67 Å². The maximum Gasteiger partial charge on any atom is 0.138 e. The molecule has 0 amide bonds. The zero-order valence-corrected chi connectivity index (χ0v) is 13.7. The molecule has 6 heteroatoms. The molecular weight excluding hydrogens is 318 g/mol. The first-order valence-electron chi connectivity index (χ1n) is 7.58. The van der Waals surface area contributed by atoms with E-state index >= 15 is 0 Å². The average molecular weight is 331 g/mol. The van der Waals surface area contributed by atoms with Crippen LogP contribution in [0.3, 0.4) is 0 Å². The van der Waals surface area contributed by atoms with Crippen LogP contribution in [-0.2, 0) is 7.05 Å². The van der Waals surface area contributed by atoms with Gasteiger partial charge in [0.05, 0.1) is 10.9 Å². The molecule has 5 nitrogen and oxygen atoms in total. The first kappa shape index (κ1) is 13.4. The topological polar surface area (TPSA) is 59.4 Å². The SMILES string of the molecule is Cn1cc(-c2ccnc3[nH]cc(-c4cc5ccncc5s4)c23)cn1. The van der Waals surface area contributed by atoms with Gasteiger partial charge < -0.3 is 4.98 Å². The number of rotatable bonds is 2. The Morgan fingerprint density at radius 1 is 1.12 bits per heavy atom. The van der Waals surface area contributed by atoms with E-state index in [1.54, 1.807) is 11.3 Å². The number of aromatic nitrogens is 5. The van der Waals surface area contributed by atoms with Crippen molar-refractivity contribution in [2.45, 2.75) is 0 Å². The van der Waals surface area contributed by atoms with Crippen LogP contribution in [0.2, 0.25) is 0 Å². The van der Waals surface area contributed by atoms with Crippen molar-refractivity contribution in [3.8, 4) is 21.6 Å². The largest absolute Gasteiger partial charge is 0.345 e. The zero-order chi connectivity index (χ0) is 16.1. The second-order valence-corrected chi connectivity index (χ2v) is 6.80. The third-order valence-corrected chi connectivity index (χ3v) is 5.30. The molecule has 5 heterocycles. The third kappa shape index (κ3) is 1.97. The summed E-state index contributed by atoms with van der Waals surface area (Å²) >= 11 is 1.75. The molecule has 0 spiro atoms. The van der Waals surface area contributed by atoms with Gasteiger partial charge in [-0.25, -0.2) is 4.98 Å². The lowest BCUT2D eigenvalue weighted by Crippen LogP contribution is -1.84. The molecule has 5 aromatic rings. The number of nitrogens with one attached hydrogen (secondary N) is 1. The molecule has 5 aromatic heterocycles. The Hall–Kier alpha value is -2.99. The van der Waals surface area contributed by atoms with E-state index in [9.17, 15) is 0 Å². The molecule has 0 aliphatic heterocycles. The predicted octanol–water partition coefficient (Wildman–Crippen LogP) is 4.24. The summed E-state index contributed by atoms with van der Waals surface area (Å²) in [6, 6.07) is 6.31. The summed E-state index contributed by atoms with van der Waals surface area (Å²) in [6.07, 6.45) is 11.5. The molecule has 0 radical (unpaired) electrons. The fraction of sp³-hybridized carbons (Fsp3) is 0.0556. The Balaban J connectivity index is 1.80. The van der Waals surface area contributed by atoms with Crippen molar-refractivity contribution < 1.29 is 0 Å². The summed E-state index contributed by atoms with van der Waals surface area (Å²) in [5.74, 6) is 0. The highest BCUT2D eigenvalue weighted by Crippen LogP contribution is 2.40. The lowest BCUT2D eigenvalue weighted by atomic mass is 10.0. The van der Waals surface area contributed by atoms with Crippen molar-refractivity contribution in [1.82, 2.24) is 24.7 Å². The summed E-state index contributed by atoms with van der Waals surface area (Å²) in [5.41, 5.74) is 4.29. The summed E-state index contributed by atoms with van der Waals surface area (Å²) in [5, 5.41) is 6.65. The van der Waals surface area contributed by atoms with Gasteiger partial charge in [-0.15, -0.1) is 11.3 Å². The smallest absolute Gasteiger partial charge is 0.138 e. The van der Waals surface area contributed by atoms with E-state index < -0.39 is 0 Å². The number of thiophene rings is 1. The van der Waals surface area contributed by atoms with E-state index in [4.69, 9.17) is 0 Å². The average Bonchev–Trinajstić information content (AvgIpc) is 3.31. The second-order valence-electron chi connectivity index (χ2n) is 5.71. The minimum absolute atomic E-state index is 0.891. The molecule has 0 atom stereocenters. The zero-order valence-electron chi connectivity index (χ0n) is 12.9. The summed E-state index contributed by atoms with van der Waals surface area (Å²) in [4.78, 5) is 13.2. The fourth-order valence-electron chi connectivity index (χ4n) is 3.07. The normalized spacial score (nSPS) is 11.5. The van der Waals surface area contributed by atoms with Crippen LogP contribution in [0.25, 0.3) is 42.7 Å². The van der Waals surface area contributed by atoms with Crippen molar-refractivity contribution in [3.05, 3.63) is 55.4 Å². The van der Waals surface area contributed by atoms with Gasteiger partial charge in [0.1, 0.15) is 5.65 Å². The molecular formula is C18H13N5S. The van der Waals surface area contributed by atoms with Gasteiger partial charge in [-0.05, 0) is 29.1 Å². The monoisotopic (exact) mass is 331 g/mol. The number of hydrogen-bond donors (Lipinski definition) is 1. The van der Waals surface area contributed by atoms with Crippen molar-refractivity contribution in [1.29, 1.82) is 0 Å². The van der Waals surface area contributed by atoms with Gasteiger partial charge in [-0.1, -0.05) is 0 Å². The minimum Gasteiger partial charge on any atom is -0.345 e. The van der Waals surface area contributed by atoms with E-state index in [-0.39, 0.29) is 0 Å². The molecule has 5 rings (SSSR count). The van der Waals surface area contributed by atoms with Crippen LogP contribution in [0.5, 0.6) is 0 Å². The number of aromatic amines is 1. The van der Waals surface area contributed by atoms with Gasteiger partial charge >= 0.3 is 0 Å². The van der Waals surface area contributed by atoms with Crippen LogP contribution in [0.4, 0.5) is 0 Å². The number of hydrogen-bond acceptors (Lipinski definition) is 4. The first-order chi connectivity index (χ1) is 11.8. The van der Waals surface area contributed by atoms with E-state index in [2.05, 4.69) is 26.1 Å². The molecule has 0 unspecified atom stereocenters. The number of fused-ring (bicyclic) bond motifs is 2. The molecule has 0 aromatic carbocycles. The van der Waals surface area contributed by atoms with Crippen LogP contribution in [0.1, 0.15) is 0 Å². The molecule has 0 saturated carbocycles. The van der Waals surface area contributed by atoms with Gasteiger partial charge in [0.25, 0.3) is 0 Å². The standard InChI is InChI=1S/C18H13N5S/c1-23-10-12(7-22-23)13-3-5-20-18-17(13)14(8-21-18)15-6-11-2-4-19-9-16(11)24-15/h2-10H,1H3,(H,20,21). The fourth-order valence-corrected chi connectivity index (χ4v) is 4.12. The summed E-state index contributed by atoms with van der Waals surface area (Å²) < 4.78 is 3.01. The van der Waals surface area contributed by atoms with Crippen molar-refractivity contribution in [2.24, 2.45) is 7.05 Å². The lowest BCUT2D eigenvalue weighted by Gasteiger charge is -2.02. The lowest BCUT2D eigenvalue weighted by molar-refractivity contribution is 0.768. The van der Waals surface area contributed by atoms with Crippen LogP contribution < -0.4 is 0 Å². The first-order valence-corrected chi connectivity index (χ1v) is 8.40. The number of aryl methyl sites for hydroxylation is 1. The Bertz CT molecular complexity index is 1150. The summed E-state index contributed by atoms with van der Waals surface area (Å²) in [7, 11) is 1.93. The quantitative estimate of drug-likeness (QED) is 0.526. The van der Waals surface area contributed by atoms with Gasteiger partial charge in [0, 0.05) is 59.4 Å². The maximum atomic E-state index is 4.48. The summed E-state index contributed by atoms with van der Waals surface area (Å²) in [6.45, 7) is 0. The highest BCUT2D eigenvalue weighted by Gasteiger charge is 2.15. The van der Waals surface area contributed by atoms with E-state index in [0.717, 1.165) is 27.7 Å². The molecule has 116 valence electrons. The molecule has 24 heavy (non-hydrogen) atoms.